The Morgan fingerprint density at radius 2 is 1.48 bits per heavy atom. The smallest absolute Gasteiger partial charge is 0.327 e. The highest BCUT2D eigenvalue weighted by Gasteiger charge is 2.42. The number of hydrogen-bond donors (Lipinski definition) is 3. The highest BCUT2D eigenvalue weighted by molar-refractivity contribution is 7.99. The van der Waals surface area contributed by atoms with Gasteiger partial charge in [-0.3, -0.25) is 19.3 Å². The highest BCUT2D eigenvalue weighted by atomic mass is 32.2. The van der Waals surface area contributed by atoms with E-state index in [-0.39, 0.29) is 29.7 Å². The van der Waals surface area contributed by atoms with Crippen molar-refractivity contribution in [3.05, 3.63) is 58.7 Å². The topological polar surface area (TPSA) is 141 Å². The van der Waals surface area contributed by atoms with Crippen LogP contribution in [0.25, 0.3) is 0 Å². The number of nitrogens with one attached hydrogen (secondary N) is 1. The van der Waals surface area contributed by atoms with Crippen LogP contribution in [0.3, 0.4) is 0 Å². The summed E-state index contributed by atoms with van der Waals surface area (Å²) in [4.78, 5) is 62.2. The van der Waals surface area contributed by atoms with Gasteiger partial charge in [0.05, 0.1) is 11.1 Å². The highest BCUT2D eigenvalue weighted by Crippen LogP contribution is 2.26. The molecule has 3 amide bonds. The minimum Gasteiger partial charge on any atom is -0.480 e. The van der Waals surface area contributed by atoms with Gasteiger partial charge in [-0.15, -0.1) is 0 Å². The standard InChI is InChI=1S/C32H44N2O7S/c1-20(2)9-8-10-22(4)23(5)14-13-21(3)17-18-42-19-26(31(38)39)33-28(35)16-15-27(32(40)41)34-29(36)24-11-6-7-12-25(24)30(34)37/h6-7,9,11-12,17,22-23,26-27H,8,10,13-16,18-19H2,1-5H3,(H,33,35)(H,38,39)(H,40,41)/b21-17+/t22?,23?,26-,27?/m0/s1. The molecule has 0 spiro atoms. The summed E-state index contributed by atoms with van der Waals surface area (Å²) in [6, 6.07) is 3.35. The Hall–Kier alpha value is -3.40. The Kier molecular flexibility index (Phi) is 14.0. The molecule has 42 heavy (non-hydrogen) atoms. The van der Waals surface area contributed by atoms with Crippen LogP contribution in [-0.4, -0.2) is 68.4 Å². The van der Waals surface area contributed by atoms with Gasteiger partial charge >= 0.3 is 11.9 Å². The zero-order valence-electron chi connectivity index (χ0n) is 25.2. The third-order valence-electron chi connectivity index (χ3n) is 7.67. The van der Waals surface area contributed by atoms with E-state index in [0.29, 0.717) is 22.5 Å². The molecule has 0 radical (unpaired) electrons. The van der Waals surface area contributed by atoms with Crippen molar-refractivity contribution in [3.63, 3.8) is 0 Å². The van der Waals surface area contributed by atoms with Crippen molar-refractivity contribution in [2.45, 2.75) is 85.2 Å². The predicted octanol–water partition coefficient (Wildman–Crippen LogP) is 5.56. The van der Waals surface area contributed by atoms with Gasteiger partial charge in [0.2, 0.25) is 5.91 Å². The lowest BCUT2D eigenvalue weighted by molar-refractivity contribution is -0.143. The van der Waals surface area contributed by atoms with Gasteiger partial charge in [-0.05, 0) is 76.8 Å². The van der Waals surface area contributed by atoms with Gasteiger partial charge in [0.15, 0.2) is 0 Å². The van der Waals surface area contributed by atoms with Crippen molar-refractivity contribution in [1.29, 1.82) is 0 Å². The second kappa shape index (κ2) is 16.9. The lowest BCUT2D eigenvalue weighted by Gasteiger charge is -2.22. The molecule has 1 aliphatic rings. The van der Waals surface area contributed by atoms with Crippen LogP contribution in [-0.2, 0) is 14.4 Å². The molecule has 3 unspecified atom stereocenters. The van der Waals surface area contributed by atoms with E-state index in [4.69, 9.17) is 0 Å². The second-order valence-corrected chi connectivity index (χ2v) is 12.4. The summed E-state index contributed by atoms with van der Waals surface area (Å²) in [5.74, 6) is -2.73. The van der Waals surface area contributed by atoms with Crippen molar-refractivity contribution in [2.75, 3.05) is 11.5 Å². The Balaban J connectivity index is 1.80. The molecule has 0 bridgehead atoms. The molecule has 10 heteroatoms. The fraction of sp³-hybridized carbons (Fsp3) is 0.531. The third-order valence-corrected chi connectivity index (χ3v) is 8.65. The fourth-order valence-corrected chi connectivity index (χ4v) is 5.71. The van der Waals surface area contributed by atoms with E-state index >= 15 is 0 Å². The molecule has 9 nitrogen and oxygen atoms in total. The van der Waals surface area contributed by atoms with Gasteiger partial charge < -0.3 is 15.5 Å². The Morgan fingerprint density at radius 3 is 2.02 bits per heavy atom. The summed E-state index contributed by atoms with van der Waals surface area (Å²) in [7, 11) is 0. The largest absolute Gasteiger partial charge is 0.480 e. The van der Waals surface area contributed by atoms with Gasteiger partial charge in [-0.25, -0.2) is 9.59 Å². The van der Waals surface area contributed by atoms with Crippen molar-refractivity contribution >= 4 is 41.4 Å². The quantitative estimate of drug-likeness (QED) is 0.113. The Morgan fingerprint density at radius 1 is 0.881 bits per heavy atom. The van der Waals surface area contributed by atoms with Crippen LogP contribution in [0.4, 0.5) is 0 Å². The summed E-state index contributed by atoms with van der Waals surface area (Å²) >= 11 is 1.39. The van der Waals surface area contributed by atoms with E-state index in [1.807, 2.05) is 0 Å². The third kappa shape index (κ3) is 10.5. The maximum absolute atomic E-state index is 12.7. The molecule has 2 rings (SSSR count). The number of fused-ring (bicyclic) bond motifs is 1. The number of imide groups is 1. The molecule has 0 saturated carbocycles. The van der Waals surface area contributed by atoms with Crippen molar-refractivity contribution < 1.29 is 34.2 Å². The van der Waals surface area contributed by atoms with Crippen LogP contribution in [0.1, 0.15) is 93.9 Å². The maximum atomic E-state index is 12.7. The summed E-state index contributed by atoms with van der Waals surface area (Å²) in [5.41, 5.74) is 2.83. The predicted molar refractivity (Wildman–Crippen MR) is 164 cm³/mol. The van der Waals surface area contributed by atoms with Crippen molar-refractivity contribution in [1.82, 2.24) is 10.2 Å². The van der Waals surface area contributed by atoms with Gasteiger partial charge in [0.1, 0.15) is 12.1 Å². The maximum Gasteiger partial charge on any atom is 0.327 e. The molecule has 1 heterocycles. The molecule has 0 saturated heterocycles. The van der Waals surface area contributed by atoms with Gasteiger partial charge in [-0.2, -0.15) is 11.8 Å². The number of allylic oxidation sites excluding steroid dienone is 3. The SMILES string of the molecule is CC(C)=CCCC(C)C(C)CC/C(C)=C/CSC[C@H](NC(=O)CCC(C(=O)O)N1C(=O)c2ccccc2C1=O)C(=O)O. The number of carboxylic acids is 2. The van der Waals surface area contributed by atoms with Crippen LogP contribution in [0.5, 0.6) is 0 Å². The summed E-state index contributed by atoms with van der Waals surface area (Å²) in [6.07, 6.45) is 8.03. The Labute approximate surface area is 252 Å². The lowest BCUT2D eigenvalue weighted by Crippen LogP contribution is -2.46. The molecule has 1 aromatic rings. The fourth-order valence-electron chi connectivity index (χ4n) is 4.71. The second-order valence-electron chi connectivity index (χ2n) is 11.3. The summed E-state index contributed by atoms with van der Waals surface area (Å²) in [5, 5.41) is 21.7. The lowest BCUT2D eigenvalue weighted by atomic mass is 9.87. The van der Waals surface area contributed by atoms with Gasteiger partial charge in [-0.1, -0.05) is 49.3 Å². The molecule has 0 fully saturated rings. The number of nitrogens with zero attached hydrogens (tertiary/aromatic N) is 1. The number of aliphatic carboxylic acids is 2. The zero-order chi connectivity index (χ0) is 31.4. The molecule has 1 aliphatic heterocycles. The number of carboxylic acid groups (broad SMARTS) is 2. The minimum absolute atomic E-state index is 0.115. The zero-order valence-corrected chi connectivity index (χ0v) is 26.0. The molecule has 1 aromatic carbocycles. The van der Waals surface area contributed by atoms with Crippen LogP contribution in [0.2, 0.25) is 0 Å². The molecule has 0 aliphatic carbocycles. The van der Waals surface area contributed by atoms with Crippen LogP contribution in [0, 0.1) is 11.8 Å². The molecular formula is C32H44N2O7S. The van der Waals surface area contributed by atoms with Crippen molar-refractivity contribution in [2.24, 2.45) is 11.8 Å². The van der Waals surface area contributed by atoms with Gasteiger partial charge in [0.25, 0.3) is 11.8 Å². The van der Waals surface area contributed by atoms with Crippen molar-refractivity contribution in [3.8, 4) is 0 Å². The van der Waals surface area contributed by atoms with E-state index in [0.717, 1.165) is 19.3 Å². The van der Waals surface area contributed by atoms with E-state index in [2.05, 4.69) is 52.1 Å². The molecule has 3 N–H and O–H groups in total. The Bertz CT molecular complexity index is 1170. The molecule has 0 aromatic heterocycles. The number of amides is 3. The molecule has 230 valence electrons. The molecular weight excluding hydrogens is 556 g/mol. The first kappa shape index (κ1) is 34.8. The number of rotatable bonds is 18. The number of carbonyl (C=O) groups is 5. The van der Waals surface area contributed by atoms with E-state index < -0.39 is 41.7 Å². The van der Waals surface area contributed by atoms with Gasteiger partial charge in [0, 0.05) is 17.9 Å². The van der Waals surface area contributed by atoms with E-state index in [1.165, 1.54) is 41.5 Å². The van der Waals surface area contributed by atoms with E-state index in [1.54, 1.807) is 12.1 Å². The average molecular weight is 601 g/mol. The monoisotopic (exact) mass is 600 g/mol. The first-order valence-corrected chi connectivity index (χ1v) is 15.6. The average Bonchev–Trinajstić information content (AvgIpc) is 3.18. The minimum atomic E-state index is -1.54. The number of benzene rings is 1. The molecule has 4 atom stereocenters. The summed E-state index contributed by atoms with van der Waals surface area (Å²) in [6.45, 7) is 10.9. The summed E-state index contributed by atoms with van der Waals surface area (Å²) < 4.78 is 0. The first-order valence-electron chi connectivity index (χ1n) is 14.4. The number of thioether (sulfide) groups is 1. The van der Waals surface area contributed by atoms with Crippen LogP contribution >= 0.6 is 11.8 Å². The van der Waals surface area contributed by atoms with Crippen LogP contribution < -0.4 is 5.32 Å². The first-order chi connectivity index (χ1) is 19.8. The van der Waals surface area contributed by atoms with E-state index in [9.17, 15) is 34.2 Å². The van der Waals surface area contributed by atoms with Crippen LogP contribution in [0.15, 0.2) is 47.6 Å². The normalized spacial score (nSPS) is 15.9. The number of carbonyl (C=O) groups excluding carboxylic acids is 3. The number of hydrogen-bond acceptors (Lipinski definition) is 6.